The monoisotopic (exact) mass is 343 g/mol. The number of H-pyrrole nitrogens is 1. The van der Waals surface area contributed by atoms with Crippen LogP contribution in [0.2, 0.25) is 0 Å². The van der Waals surface area contributed by atoms with Gasteiger partial charge in [0.1, 0.15) is 5.52 Å². The van der Waals surface area contributed by atoms with Gasteiger partial charge < -0.3 is 10.7 Å². The fourth-order valence-electron chi connectivity index (χ4n) is 2.49. The highest BCUT2D eigenvalue weighted by Crippen LogP contribution is 2.21. The zero-order valence-corrected chi connectivity index (χ0v) is 14.7. The Labute approximate surface area is 144 Å². The van der Waals surface area contributed by atoms with E-state index in [-0.39, 0.29) is 5.69 Å². The minimum Gasteiger partial charge on any atom is -0.382 e. The summed E-state index contributed by atoms with van der Waals surface area (Å²) in [4.78, 5) is 23.8. The van der Waals surface area contributed by atoms with Crippen molar-refractivity contribution < 1.29 is 0 Å². The molecule has 6 nitrogen and oxygen atoms in total. The van der Waals surface area contributed by atoms with Crippen molar-refractivity contribution in [3.8, 4) is 0 Å². The van der Waals surface area contributed by atoms with E-state index in [0.29, 0.717) is 28.7 Å². The van der Waals surface area contributed by atoms with Gasteiger partial charge in [-0.2, -0.15) is 0 Å². The quantitative estimate of drug-likeness (QED) is 0.530. The maximum Gasteiger partial charge on any atom is 0.327 e. The number of rotatable bonds is 6. The first kappa shape index (κ1) is 16.6. The number of nitrogens with zero attached hydrogens (tertiary/aromatic N) is 3. The molecule has 0 unspecified atom stereocenters. The number of aryl methyl sites for hydroxylation is 3. The van der Waals surface area contributed by atoms with Gasteiger partial charge >= 0.3 is 5.69 Å². The Morgan fingerprint density at radius 3 is 2.71 bits per heavy atom. The van der Waals surface area contributed by atoms with Crippen molar-refractivity contribution in [2.45, 2.75) is 38.4 Å². The van der Waals surface area contributed by atoms with Crippen LogP contribution in [0.4, 0.5) is 5.82 Å². The number of benzene rings is 1. The third-order valence-corrected chi connectivity index (χ3v) is 4.86. The fraction of sp³-hybridized carbons (Fsp3) is 0.353. The average Bonchev–Trinajstić information content (AvgIpc) is 2.89. The van der Waals surface area contributed by atoms with Crippen LogP contribution < -0.4 is 11.4 Å². The van der Waals surface area contributed by atoms with Crippen molar-refractivity contribution in [1.29, 1.82) is 0 Å². The Morgan fingerprint density at radius 1 is 1.25 bits per heavy atom. The lowest BCUT2D eigenvalue weighted by Crippen LogP contribution is -2.18. The molecule has 24 heavy (non-hydrogen) atoms. The summed E-state index contributed by atoms with van der Waals surface area (Å²) >= 11 is 1.55. The molecule has 0 atom stereocenters. The standard InChI is InChI=1S/C17H21N5OS/c1-3-10-24-16-20-14(18)13-15(21-16)22(17(23)19-13)9-8-12-6-4-11(2)5-7-12/h4-7H,3,8-10H2,1-2H3,(H,19,23)(H2,18,20,21). The Kier molecular flexibility index (Phi) is 4.89. The minimum atomic E-state index is -0.198. The second-order valence-corrected chi connectivity index (χ2v) is 6.82. The highest BCUT2D eigenvalue weighted by atomic mass is 32.2. The third kappa shape index (κ3) is 3.46. The molecule has 2 aromatic heterocycles. The molecule has 3 rings (SSSR count). The first-order valence-electron chi connectivity index (χ1n) is 8.03. The molecule has 3 N–H and O–H groups in total. The second-order valence-electron chi connectivity index (χ2n) is 5.76. The third-order valence-electron chi connectivity index (χ3n) is 3.81. The molecule has 0 aliphatic carbocycles. The van der Waals surface area contributed by atoms with Gasteiger partial charge in [-0.05, 0) is 25.3 Å². The number of imidazole rings is 1. The number of nitrogens with two attached hydrogens (primary N) is 1. The average molecular weight is 343 g/mol. The molecule has 0 aliphatic heterocycles. The number of aromatic amines is 1. The first-order chi connectivity index (χ1) is 11.6. The van der Waals surface area contributed by atoms with E-state index in [1.54, 1.807) is 16.3 Å². The van der Waals surface area contributed by atoms with E-state index in [1.165, 1.54) is 11.1 Å². The van der Waals surface area contributed by atoms with Crippen LogP contribution >= 0.6 is 11.8 Å². The van der Waals surface area contributed by atoms with Gasteiger partial charge in [-0.15, -0.1) is 0 Å². The van der Waals surface area contributed by atoms with Gasteiger partial charge in [0, 0.05) is 12.3 Å². The lowest BCUT2D eigenvalue weighted by atomic mass is 10.1. The number of nitrogens with one attached hydrogen (secondary N) is 1. The molecular formula is C17H21N5OS. The summed E-state index contributed by atoms with van der Waals surface area (Å²) in [5.41, 5.74) is 9.30. The number of anilines is 1. The summed E-state index contributed by atoms with van der Waals surface area (Å²) in [6, 6.07) is 8.32. The molecule has 2 heterocycles. The summed E-state index contributed by atoms with van der Waals surface area (Å²) in [7, 11) is 0. The Hall–Kier alpha value is -2.28. The van der Waals surface area contributed by atoms with Crippen molar-refractivity contribution in [2.24, 2.45) is 0 Å². The van der Waals surface area contributed by atoms with Crippen LogP contribution in [0.25, 0.3) is 11.2 Å². The molecule has 0 bridgehead atoms. The predicted octanol–water partition coefficient (Wildman–Crippen LogP) is 2.76. The molecule has 0 saturated carbocycles. The Morgan fingerprint density at radius 2 is 2.00 bits per heavy atom. The van der Waals surface area contributed by atoms with E-state index in [1.807, 2.05) is 0 Å². The van der Waals surface area contributed by atoms with E-state index >= 15 is 0 Å². The lowest BCUT2D eigenvalue weighted by molar-refractivity contribution is 0.682. The number of fused-ring (bicyclic) bond motifs is 1. The zero-order valence-electron chi connectivity index (χ0n) is 13.9. The van der Waals surface area contributed by atoms with E-state index in [4.69, 9.17) is 5.73 Å². The fourth-order valence-corrected chi connectivity index (χ4v) is 3.19. The van der Waals surface area contributed by atoms with Crippen LogP contribution in [0.5, 0.6) is 0 Å². The van der Waals surface area contributed by atoms with Gasteiger partial charge in [-0.25, -0.2) is 14.8 Å². The van der Waals surface area contributed by atoms with Crippen LogP contribution in [0, 0.1) is 6.92 Å². The van der Waals surface area contributed by atoms with E-state index < -0.39 is 0 Å². The number of aromatic nitrogens is 4. The molecular weight excluding hydrogens is 322 g/mol. The zero-order chi connectivity index (χ0) is 17.1. The topological polar surface area (TPSA) is 89.6 Å². The van der Waals surface area contributed by atoms with Crippen LogP contribution in [-0.2, 0) is 13.0 Å². The van der Waals surface area contributed by atoms with E-state index in [9.17, 15) is 4.79 Å². The molecule has 7 heteroatoms. The van der Waals surface area contributed by atoms with Crippen LogP contribution in [0.3, 0.4) is 0 Å². The normalized spacial score (nSPS) is 11.2. The summed E-state index contributed by atoms with van der Waals surface area (Å²) < 4.78 is 1.64. The van der Waals surface area contributed by atoms with Gasteiger partial charge in [-0.3, -0.25) is 4.57 Å². The van der Waals surface area contributed by atoms with Gasteiger partial charge in [0.2, 0.25) is 0 Å². The first-order valence-corrected chi connectivity index (χ1v) is 9.01. The molecule has 0 amide bonds. The predicted molar refractivity (Wildman–Crippen MR) is 98.5 cm³/mol. The SMILES string of the molecule is CCCSc1nc(N)c2[nH]c(=O)n(CCc3ccc(C)cc3)c2n1. The van der Waals surface area contributed by atoms with Gasteiger partial charge in [-0.1, -0.05) is 48.5 Å². The number of nitrogen functional groups attached to an aromatic ring is 1. The highest BCUT2D eigenvalue weighted by Gasteiger charge is 2.14. The van der Waals surface area contributed by atoms with Crippen LogP contribution in [0.1, 0.15) is 24.5 Å². The lowest BCUT2D eigenvalue weighted by Gasteiger charge is -2.06. The summed E-state index contributed by atoms with van der Waals surface area (Å²) in [5, 5.41) is 0.616. The largest absolute Gasteiger partial charge is 0.382 e. The van der Waals surface area contributed by atoms with Crippen LogP contribution in [-0.4, -0.2) is 25.3 Å². The van der Waals surface area contributed by atoms with Gasteiger partial charge in [0.05, 0.1) is 0 Å². The van der Waals surface area contributed by atoms with Crippen molar-refractivity contribution in [2.75, 3.05) is 11.5 Å². The Bertz CT molecular complexity index is 898. The number of thioether (sulfide) groups is 1. The molecule has 0 saturated heterocycles. The molecule has 0 radical (unpaired) electrons. The van der Waals surface area contributed by atoms with Gasteiger partial charge in [0.25, 0.3) is 0 Å². The van der Waals surface area contributed by atoms with Crippen molar-refractivity contribution in [3.05, 3.63) is 45.9 Å². The van der Waals surface area contributed by atoms with Gasteiger partial charge in [0.15, 0.2) is 16.6 Å². The van der Waals surface area contributed by atoms with Crippen molar-refractivity contribution in [3.63, 3.8) is 0 Å². The summed E-state index contributed by atoms with van der Waals surface area (Å²) in [6.45, 7) is 4.71. The second kappa shape index (κ2) is 7.09. The summed E-state index contributed by atoms with van der Waals surface area (Å²) in [6.07, 6.45) is 1.79. The summed E-state index contributed by atoms with van der Waals surface area (Å²) in [5.74, 6) is 1.24. The maximum absolute atomic E-state index is 12.3. The minimum absolute atomic E-state index is 0.198. The molecule has 1 aromatic carbocycles. The number of hydrogen-bond donors (Lipinski definition) is 2. The molecule has 0 aliphatic rings. The molecule has 0 spiro atoms. The van der Waals surface area contributed by atoms with E-state index in [2.05, 4.69) is 53.1 Å². The van der Waals surface area contributed by atoms with Crippen LogP contribution in [0.15, 0.2) is 34.2 Å². The molecule has 0 fully saturated rings. The smallest absolute Gasteiger partial charge is 0.327 e. The molecule has 3 aromatic rings. The number of hydrogen-bond acceptors (Lipinski definition) is 5. The van der Waals surface area contributed by atoms with E-state index in [0.717, 1.165) is 18.6 Å². The molecule has 126 valence electrons. The van der Waals surface area contributed by atoms with Crippen molar-refractivity contribution in [1.82, 2.24) is 19.5 Å². The van der Waals surface area contributed by atoms with Crippen molar-refractivity contribution >= 4 is 28.7 Å². The highest BCUT2D eigenvalue weighted by molar-refractivity contribution is 7.99. The Balaban J connectivity index is 1.91. The maximum atomic E-state index is 12.3.